The van der Waals surface area contributed by atoms with Gasteiger partial charge < -0.3 is 10.4 Å². The Bertz CT molecular complexity index is 564. The molecule has 1 aliphatic carbocycles. The average Bonchev–Trinajstić information content (AvgIpc) is 2.48. The number of nitrogens with one attached hydrogen (secondary N) is 1. The molecule has 1 amide bonds. The Hall–Kier alpha value is -2.05. The number of rotatable bonds is 5. The fourth-order valence-corrected chi connectivity index (χ4v) is 2.69. The van der Waals surface area contributed by atoms with Crippen LogP contribution in [0.25, 0.3) is 0 Å². The summed E-state index contributed by atoms with van der Waals surface area (Å²) in [6.45, 7) is -0.160. The molecule has 1 saturated carbocycles. The third kappa shape index (κ3) is 4.71. The van der Waals surface area contributed by atoms with Crippen LogP contribution in [0.15, 0.2) is 24.3 Å². The summed E-state index contributed by atoms with van der Waals surface area (Å²) >= 11 is 0. The van der Waals surface area contributed by atoms with Gasteiger partial charge in [-0.2, -0.15) is 0 Å². The Kier molecular flexibility index (Phi) is 5.28. The first-order chi connectivity index (χ1) is 10.8. The molecule has 4 nitrogen and oxygen atoms in total. The van der Waals surface area contributed by atoms with Crippen molar-refractivity contribution in [1.82, 2.24) is 5.32 Å². The van der Waals surface area contributed by atoms with Crippen LogP contribution in [0.1, 0.15) is 37.2 Å². The summed E-state index contributed by atoms with van der Waals surface area (Å²) in [4.78, 5) is 23.3. The number of aliphatic carboxylic acids is 1. The molecular formula is C16H18F3NO3. The van der Waals surface area contributed by atoms with Crippen LogP contribution in [0.5, 0.6) is 0 Å². The lowest BCUT2D eigenvalue weighted by Gasteiger charge is -2.27. The lowest BCUT2D eigenvalue weighted by atomic mass is 9.86. The quantitative estimate of drug-likeness (QED) is 0.873. The Labute approximate surface area is 131 Å². The molecule has 0 heterocycles. The molecule has 126 valence electrons. The average molecular weight is 329 g/mol. The van der Waals surface area contributed by atoms with E-state index in [4.69, 9.17) is 0 Å². The van der Waals surface area contributed by atoms with E-state index in [9.17, 15) is 27.9 Å². The second-order valence-corrected chi connectivity index (χ2v) is 5.82. The van der Waals surface area contributed by atoms with Crippen molar-refractivity contribution in [1.29, 1.82) is 0 Å². The van der Waals surface area contributed by atoms with Crippen LogP contribution in [0.3, 0.4) is 0 Å². The highest BCUT2D eigenvalue weighted by molar-refractivity contribution is 5.81. The van der Waals surface area contributed by atoms with Gasteiger partial charge in [-0.1, -0.05) is 12.1 Å². The first-order valence-electron chi connectivity index (χ1n) is 7.42. The summed E-state index contributed by atoms with van der Waals surface area (Å²) in [6, 6.07) is 5.00. The molecule has 1 aliphatic rings. The van der Waals surface area contributed by atoms with Crippen molar-refractivity contribution in [2.24, 2.45) is 5.92 Å². The summed E-state index contributed by atoms with van der Waals surface area (Å²) in [5.74, 6) is -6.28. The molecule has 0 bridgehead atoms. The lowest BCUT2D eigenvalue weighted by Crippen LogP contribution is -2.38. The van der Waals surface area contributed by atoms with Crippen molar-refractivity contribution < 1.29 is 27.9 Å². The van der Waals surface area contributed by atoms with Crippen LogP contribution < -0.4 is 5.32 Å². The van der Waals surface area contributed by atoms with Crippen LogP contribution >= 0.6 is 0 Å². The van der Waals surface area contributed by atoms with E-state index in [1.165, 1.54) is 12.1 Å². The molecule has 1 aromatic carbocycles. The van der Waals surface area contributed by atoms with Gasteiger partial charge in [-0.25, -0.2) is 13.2 Å². The minimum absolute atomic E-state index is 0.0904. The zero-order chi connectivity index (χ0) is 17.0. The van der Waals surface area contributed by atoms with E-state index in [-0.39, 0.29) is 32.2 Å². The SMILES string of the molecule is O=C(NCC(C(=O)O)c1ccc(F)cc1)C1CCC(F)(F)CC1. The van der Waals surface area contributed by atoms with Crippen LogP contribution in [0, 0.1) is 11.7 Å². The summed E-state index contributed by atoms with van der Waals surface area (Å²) in [6.07, 6.45) is -0.475. The maximum atomic E-state index is 13.1. The van der Waals surface area contributed by atoms with Crippen LogP contribution in [-0.2, 0) is 9.59 Å². The Morgan fingerprint density at radius 3 is 2.30 bits per heavy atom. The molecule has 1 aromatic rings. The van der Waals surface area contributed by atoms with Gasteiger partial charge in [0.15, 0.2) is 0 Å². The minimum atomic E-state index is -2.71. The molecule has 0 spiro atoms. The summed E-state index contributed by atoms with van der Waals surface area (Å²) in [5, 5.41) is 11.8. The number of alkyl halides is 2. The molecule has 0 aromatic heterocycles. The summed E-state index contributed by atoms with van der Waals surface area (Å²) < 4.78 is 39.0. The van der Waals surface area contributed by atoms with Gasteiger partial charge in [0.2, 0.25) is 11.8 Å². The van der Waals surface area contributed by atoms with Crippen molar-refractivity contribution in [2.45, 2.75) is 37.5 Å². The third-order valence-corrected chi connectivity index (χ3v) is 4.14. The van der Waals surface area contributed by atoms with E-state index < -0.39 is 35.5 Å². The van der Waals surface area contributed by atoms with Gasteiger partial charge in [0.25, 0.3) is 0 Å². The van der Waals surface area contributed by atoms with Crippen molar-refractivity contribution in [3.8, 4) is 0 Å². The zero-order valence-electron chi connectivity index (χ0n) is 12.4. The molecule has 1 unspecified atom stereocenters. The maximum Gasteiger partial charge on any atom is 0.312 e. The van der Waals surface area contributed by atoms with Crippen molar-refractivity contribution in [3.63, 3.8) is 0 Å². The first-order valence-corrected chi connectivity index (χ1v) is 7.42. The number of carboxylic acid groups (broad SMARTS) is 1. The van der Waals surface area contributed by atoms with Gasteiger partial charge in [-0.3, -0.25) is 9.59 Å². The number of carbonyl (C=O) groups excluding carboxylic acids is 1. The molecule has 2 N–H and O–H groups in total. The molecule has 1 atom stereocenters. The number of hydrogen-bond acceptors (Lipinski definition) is 2. The third-order valence-electron chi connectivity index (χ3n) is 4.14. The van der Waals surface area contributed by atoms with Gasteiger partial charge in [0.1, 0.15) is 5.82 Å². The largest absolute Gasteiger partial charge is 0.481 e. The Morgan fingerprint density at radius 1 is 1.22 bits per heavy atom. The van der Waals surface area contributed by atoms with E-state index in [2.05, 4.69) is 5.32 Å². The van der Waals surface area contributed by atoms with Gasteiger partial charge in [0, 0.05) is 25.3 Å². The van der Waals surface area contributed by atoms with Gasteiger partial charge in [0.05, 0.1) is 5.92 Å². The molecule has 0 saturated heterocycles. The van der Waals surface area contributed by atoms with Crippen molar-refractivity contribution in [3.05, 3.63) is 35.6 Å². The highest BCUT2D eigenvalue weighted by atomic mass is 19.3. The maximum absolute atomic E-state index is 13.1. The number of hydrogen-bond donors (Lipinski definition) is 2. The number of amides is 1. The number of carboxylic acids is 1. The highest BCUT2D eigenvalue weighted by Crippen LogP contribution is 2.36. The number of benzene rings is 1. The number of halogens is 3. The van der Waals surface area contributed by atoms with Gasteiger partial charge in [-0.05, 0) is 30.5 Å². The topological polar surface area (TPSA) is 66.4 Å². The summed E-state index contributed by atoms with van der Waals surface area (Å²) in [7, 11) is 0. The molecule has 7 heteroatoms. The number of carbonyl (C=O) groups is 2. The standard InChI is InChI=1S/C16H18F3NO3/c17-12-3-1-10(2-4-12)13(15(22)23)9-20-14(21)11-5-7-16(18,19)8-6-11/h1-4,11,13H,5-9H2,(H,20,21)(H,22,23). The highest BCUT2D eigenvalue weighted by Gasteiger charge is 2.37. The first kappa shape index (κ1) is 17.3. The van der Waals surface area contributed by atoms with Gasteiger partial charge >= 0.3 is 5.97 Å². The Morgan fingerprint density at radius 2 is 1.78 bits per heavy atom. The second-order valence-electron chi connectivity index (χ2n) is 5.82. The van der Waals surface area contributed by atoms with Crippen molar-refractivity contribution in [2.75, 3.05) is 6.54 Å². The van der Waals surface area contributed by atoms with E-state index in [0.717, 1.165) is 12.1 Å². The molecule has 23 heavy (non-hydrogen) atoms. The molecule has 1 fully saturated rings. The molecule has 0 radical (unpaired) electrons. The van der Waals surface area contributed by atoms with E-state index in [0.29, 0.717) is 5.56 Å². The fraction of sp³-hybridized carbons (Fsp3) is 0.500. The molecular weight excluding hydrogens is 311 g/mol. The molecule has 0 aliphatic heterocycles. The van der Waals surface area contributed by atoms with E-state index in [1.54, 1.807) is 0 Å². The zero-order valence-corrected chi connectivity index (χ0v) is 12.4. The minimum Gasteiger partial charge on any atom is -0.481 e. The fourth-order valence-electron chi connectivity index (χ4n) is 2.69. The lowest BCUT2D eigenvalue weighted by molar-refractivity contribution is -0.138. The van der Waals surface area contributed by atoms with Crippen LogP contribution in [0.2, 0.25) is 0 Å². The second kappa shape index (κ2) is 7.02. The molecule has 2 rings (SSSR count). The van der Waals surface area contributed by atoms with Crippen molar-refractivity contribution >= 4 is 11.9 Å². The normalized spacial score (nSPS) is 19.1. The van der Waals surface area contributed by atoms with Crippen LogP contribution in [-0.4, -0.2) is 29.5 Å². The van der Waals surface area contributed by atoms with E-state index in [1.807, 2.05) is 0 Å². The van der Waals surface area contributed by atoms with Gasteiger partial charge in [-0.15, -0.1) is 0 Å². The predicted molar refractivity (Wildman–Crippen MR) is 76.7 cm³/mol. The van der Waals surface area contributed by atoms with E-state index >= 15 is 0 Å². The summed E-state index contributed by atoms with van der Waals surface area (Å²) in [5.41, 5.74) is 0.370. The monoisotopic (exact) mass is 329 g/mol. The Balaban J connectivity index is 1.93. The predicted octanol–water partition coefficient (Wildman–Crippen LogP) is 2.94. The smallest absolute Gasteiger partial charge is 0.312 e. The van der Waals surface area contributed by atoms with Crippen LogP contribution in [0.4, 0.5) is 13.2 Å².